The van der Waals surface area contributed by atoms with Gasteiger partial charge >= 0.3 is 0 Å². The Morgan fingerprint density at radius 1 is 1.40 bits per heavy atom. The molecule has 1 aromatic carbocycles. The highest BCUT2D eigenvalue weighted by atomic mass is 79.9. The number of rotatable bonds is 1. The first kappa shape index (κ1) is 10.2. The van der Waals surface area contributed by atoms with Crippen LogP contribution in [0.1, 0.15) is 0 Å². The maximum Gasteiger partial charge on any atom is 0.138 e. The lowest BCUT2D eigenvalue weighted by molar-refractivity contribution is 0.621. The van der Waals surface area contributed by atoms with Crippen LogP contribution in [0.3, 0.4) is 0 Å². The highest BCUT2D eigenvalue weighted by molar-refractivity contribution is 9.10. The first-order chi connectivity index (χ1) is 7.08. The summed E-state index contributed by atoms with van der Waals surface area (Å²) in [6.07, 6.45) is 0. The van der Waals surface area contributed by atoms with Gasteiger partial charge in [-0.25, -0.2) is 4.39 Å². The number of aryl methyl sites for hydroxylation is 1. The van der Waals surface area contributed by atoms with E-state index in [-0.39, 0.29) is 5.82 Å². The van der Waals surface area contributed by atoms with E-state index in [0.29, 0.717) is 21.5 Å². The highest BCUT2D eigenvalue weighted by Gasteiger charge is 2.07. The summed E-state index contributed by atoms with van der Waals surface area (Å²) in [4.78, 5) is 0. The zero-order valence-corrected chi connectivity index (χ0v) is 9.62. The molecule has 0 atom stereocenters. The fraction of sp³-hybridized carbons (Fsp3) is 0.100. The van der Waals surface area contributed by atoms with Crippen LogP contribution in [0.4, 0.5) is 10.2 Å². The average molecular weight is 270 g/mol. The van der Waals surface area contributed by atoms with Gasteiger partial charge in [-0.1, -0.05) is 6.07 Å². The van der Waals surface area contributed by atoms with Crippen molar-refractivity contribution in [2.45, 2.75) is 0 Å². The third-order valence-electron chi connectivity index (χ3n) is 2.13. The number of halogens is 2. The van der Waals surface area contributed by atoms with Crippen molar-refractivity contribution in [3.63, 3.8) is 0 Å². The molecule has 0 radical (unpaired) electrons. The Bertz CT molecular complexity index is 488. The van der Waals surface area contributed by atoms with Gasteiger partial charge in [-0.05, 0) is 28.1 Å². The van der Waals surface area contributed by atoms with Crippen molar-refractivity contribution in [2.24, 2.45) is 7.05 Å². The lowest BCUT2D eigenvalue weighted by atomic mass is 10.1. The van der Waals surface area contributed by atoms with E-state index in [1.807, 2.05) is 0 Å². The van der Waals surface area contributed by atoms with Crippen LogP contribution in [0, 0.1) is 5.82 Å². The average Bonchev–Trinajstić information content (AvgIpc) is 2.52. The zero-order valence-electron chi connectivity index (χ0n) is 8.04. The maximum absolute atomic E-state index is 13.3. The van der Waals surface area contributed by atoms with Crippen LogP contribution in [0.2, 0.25) is 0 Å². The molecule has 2 aromatic rings. The molecule has 0 fully saturated rings. The molecular formula is C10H9BrFN3. The van der Waals surface area contributed by atoms with Gasteiger partial charge in [-0.3, -0.25) is 4.68 Å². The van der Waals surface area contributed by atoms with Gasteiger partial charge in [0.1, 0.15) is 11.6 Å². The molecule has 3 nitrogen and oxygen atoms in total. The molecule has 0 saturated heterocycles. The van der Waals surface area contributed by atoms with Gasteiger partial charge in [0.2, 0.25) is 0 Å². The van der Waals surface area contributed by atoms with Gasteiger partial charge in [0.25, 0.3) is 0 Å². The van der Waals surface area contributed by atoms with E-state index in [9.17, 15) is 4.39 Å². The van der Waals surface area contributed by atoms with Crippen molar-refractivity contribution in [3.8, 4) is 11.3 Å². The molecule has 0 spiro atoms. The normalized spacial score (nSPS) is 10.6. The summed E-state index contributed by atoms with van der Waals surface area (Å²) >= 11 is 3.10. The van der Waals surface area contributed by atoms with Crippen molar-refractivity contribution in [2.75, 3.05) is 5.73 Å². The SMILES string of the molecule is Cn1nc(-c2ccc(Br)c(F)c2)cc1N. The van der Waals surface area contributed by atoms with Crippen LogP contribution < -0.4 is 5.73 Å². The van der Waals surface area contributed by atoms with Crippen molar-refractivity contribution in [1.29, 1.82) is 0 Å². The second kappa shape index (κ2) is 3.66. The minimum Gasteiger partial charge on any atom is -0.384 e. The Kier molecular flexibility index (Phi) is 2.48. The minimum absolute atomic E-state index is 0.309. The number of aromatic nitrogens is 2. The van der Waals surface area contributed by atoms with E-state index < -0.39 is 0 Å². The number of nitrogens with zero attached hydrogens (tertiary/aromatic N) is 2. The molecule has 0 aliphatic rings. The molecule has 78 valence electrons. The monoisotopic (exact) mass is 269 g/mol. The van der Waals surface area contributed by atoms with Crippen LogP contribution in [-0.4, -0.2) is 9.78 Å². The molecule has 0 unspecified atom stereocenters. The molecule has 5 heteroatoms. The third-order valence-corrected chi connectivity index (χ3v) is 2.77. The first-order valence-electron chi connectivity index (χ1n) is 4.33. The summed E-state index contributed by atoms with van der Waals surface area (Å²) in [5, 5.41) is 4.16. The number of nitrogens with two attached hydrogens (primary N) is 1. The molecule has 2 N–H and O–H groups in total. The summed E-state index contributed by atoms with van der Waals surface area (Å²) in [5.41, 5.74) is 7.02. The number of benzene rings is 1. The van der Waals surface area contributed by atoms with E-state index in [1.165, 1.54) is 6.07 Å². The molecule has 15 heavy (non-hydrogen) atoms. The van der Waals surface area contributed by atoms with E-state index in [0.717, 1.165) is 0 Å². The summed E-state index contributed by atoms with van der Waals surface area (Å²) in [6, 6.07) is 6.57. The van der Waals surface area contributed by atoms with E-state index in [1.54, 1.807) is 29.9 Å². The smallest absolute Gasteiger partial charge is 0.138 e. The lowest BCUT2D eigenvalue weighted by Gasteiger charge is -1.98. The predicted molar refractivity (Wildman–Crippen MR) is 60.7 cm³/mol. The molecular weight excluding hydrogens is 261 g/mol. The largest absolute Gasteiger partial charge is 0.384 e. The van der Waals surface area contributed by atoms with Crippen molar-refractivity contribution in [1.82, 2.24) is 9.78 Å². The van der Waals surface area contributed by atoms with Crippen molar-refractivity contribution < 1.29 is 4.39 Å². The van der Waals surface area contributed by atoms with Gasteiger partial charge in [0, 0.05) is 18.7 Å². The summed E-state index contributed by atoms with van der Waals surface area (Å²) in [7, 11) is 1.74. The van der Waals surface area contributed by atoms with Crippen LogP contribution >= 0.6 is 15.9 Å². The minimum atomic E-state index is -0.309. The fourth-order valence-electron chi connectivity index (χ4n) is 1.28. The molecule has 1 aromatic heterocycles. The molecule has 0 aliphatic carbocycles. The summed E-state index contributed by atoms with van der Waals surface area (Å²) in [6.45, 7) is 0. The van der Waals surface area contributed by atoms with Gasteiger partial charge in [0.05, 0.1) is 10.2 Å². The van der Waals surface area contributed by atoms with E-state index in [2.05, 4.69) is 21.0 Å². The maximum atomic E-state index is 13.3. The van der Waals surface area contributed by atoms with Gasteiger partial charge in [0.15, 0.2) is 0 Å². The molecule has 2 rings (SSSR count). The quantitative estimate of drug-likeness (QED) is 0.865. The Morgan fingerprint density at radius 2 is 2.13 bits per heavy atom. The zero-order chi connectivity index (χ0) is 11.0. The Hall–Kier alpha value is -1.36. The first-order valence-corrected chi connectivity index (χ1v) is 5.12. The molecule has 0 aliphatic heterocycles. The molecule has 1 heterocycles. The Balaban J connectivity index is 2.49. The van der Waals surface area contributed by atoms with Crippen LogP contribution in [0.25, 0.3) is 11.3 Å². The summed E-state index contributed by atoms with van der Waals surface area (Å²) in [5.74, 6) is 0.241. The molecule has 0 saturated carbocycles. The van der Waals surface area contributed by atoms with Crippen molar-refractivity contribution >= 4 is 21.7 Å². The van der Waals surface area contributed by atoms with Gasteiger partial charge in [-0.15, -0.1) is 0 Å². The highest BCUT2D eigenvalue weighted by Crippen LogP contribution is 2.24. The Morgan fingerprint density at radius 3 is 2.67 bits per heavy atom. The van der Waals surface area contributed by atoms with Crippen LogP contribution in [-0.2, 0) is 7.05 Å². The second-order valence-electron chi connectivity index (χ2n) is 3.21. The molecule has 0 amide bonds. The number of hydrogen-bond acceptors (Lipinski definition) is 2. The Labute approximate surface area is 94.8 Å². The lowest BCUT2D eigenvalue weighted by Crippen LogP contribution is -1.96. The second-order valence-corrected chi connectivity index (χ2v) is 4.06. The van der Waals surface area contributed by atoms with Gasteiger partial charge in [-0.2, -0.15) is 5.10 Å². The molecule has 0 bridgehead atoms. The number of nitrogen functional groups attached to an aromatic ring is 1. The van der Waals surface area contributed by atoms with E-state index in [4.69, 9.17) is 5.73 Å². The third kappa shape index (κ3) is 1.87. The van der Waals surface area contributed by atoms with Crippen molar-refractivity contribution in [3.05, 3.63) is 34.6 Å². The van der Waals surface area contributed by atoms with Crippen LogP contribution in [0.5, 0.6) is 0 Å². The standard InChI is InChI=1S/C10H9BrFN3/c1-15-10(13)5-9(14-15)6-2-3-7(11)8(12)4-6/h2-5H,13H2,1H3. The number of hydrogen-bond donors (Lipinski definition) is 1. The predicted octanol–water partition coefficient (Wildman–Crippen LogP) is 2.57. The topological polar surface area (TPSA) is 43.8 Å². The van der Waals surface area contributed by atoms with E-state index >= 15 is 0 Å². The van der Waals surface area contributed by atoms with Gasteiger partial charge < -0.3 is 5.73 Å². The fourth-order valence-corrected chi connectivity index (χ4v) is 1.52. The van der Waals surface area contributed by atoms with Crippen LogP contribution in [0.15, 0.2) is 28.7 Å². The number of anilines is 1. The summed E-state index contributed by atoms with van der Waals surface area (Å²) < 4.78 is 15.3.